The van der Waals surface area contributed by atoms with Crippen LogP contribution in [-0.2, 0) is 4.43 Å². The molecule has 0 spiro atoms. The topological polar surface area (TPSA) is 47.0 Å². The summed E-state index contributed by atoms with van der Waals surface area (Å²) in [6, 6.07) is 1.79. The van der Waals surface area contributed by atoms with Crippen LogP contribution in [0.5, 0.6) is 0 Å². The van der Waals surface area contributed by atoms with Crippen LogP contribution in [0.3, 0.4) is 0 Å². The van der Waals surface area contributed by atoms with E-state index in [0.717, 1.165) is 12.4 Å². The van der Waals surface area contributed by atoms with E-state index < -0.39 is 8.32 Å². The van der Waals surface area contributed by atoms with Crippen LogP contribution in [0.15, 0.2) is 12.3 Å². The van der Waals surface area contributed by atoms with E-state index in [2.05, 4.69) is 49.1 Å². The van der Waals surface area contributed by atoms with E-state index in [0.29, 0.717) is 6.61 Å². The van der Waals surface area contributed by atoms with Gasteiger partial charge in [-0.1, -0.05) is 20.8 Å². The largest absolute Gasteiger partial charge is 0.415 e. The molecule has 4 nitrogen and oxygen atoms in total. The number of aromatic nitrogens is 2. The van der Waals surface area contributed by atoms with Gasteiger partial charge in [0.1, 0.15) is 5.82 Å². The van der Waals surface area contributed by atoms with Crippen molar-refractivity contribution in [3.63, 3.8) is 0 Å². The minimum absolute atomic E-state index is 0.241. The summed E-state index contributed by atoms with van der Waals surface area (Å²) in [6.45, 7) is 12.6. The third-order valence-electron chi connectivity index (χ3n) is 3.30. The highest BCUT2D eigenvalue weighted by Crippen LogP contribution is 2.36. The van der Waals surface area contributed by atoms with E-state index in [1.54, 1.807) is 12.3 Å². The van der Waals surface area contributed by atoms with Gasteiger partial charge in [0.15, 0.2) is 8.32 Å². The Morgan fingerprint density at radius 3 is 2.61 bits per heavy atom. The molecule has 0 aliphatic heterocycles. The van der Waals surface area contributed by atoms with Crippen LogP contribution in [-0.4, -0.2) is 31.4 Å². The molecule has 1 N–H and O–H groups in total. The quantitative estimate of drug-likeness (QED) is 0.511. The molecular weight excluding hydrogens is 266 g/mol. The first-order valence-corrected chi connectivity index (χ1v) is 9.37. The van der Waals surface area contributed by atoms with Gasteiger partial charge in [0.25, 0.3) is 0 Å². The molecule has 6 heteroatoms. The van der Waals surface area contributed by atoms with E-state index >= 15 is 0 Å². The molecule has 18 heavy (non-hydrogen) atoms. The van der Waals surface area contributed by atoms with Gasteiger partial charge >= 0.3 is 0 Å². The second-order valence-electron chi connectivity index (χ2n) is 5.75. The maximum atomic E-state index is 6.05. The summed E-state index contributed by atoms with van der Waals surface area (Å²) < 4.78 is 6.05. The lowest BCUT2D eigenvalue weighted by Crippen LogP contribution is -2.41. The van der Waals surface area contributed by atoms with Gasteiger partial charge in [-0.2, -0.15) is 0 Å². The maximum absolute atomic E-state index is 6.05. The molecule has 0 unspecified atom stereocenters. The van der Waals surface area contributed by atoms with Gasteiger partial charge in [-0.15, -0.1) is 0 Å². The van der Waals surface area contributed by atoms with Crippen molar-refractivity contribution in [2.75, 3.05) is 18.5 Å². The molecule has 0 fully saturated rings. The molecule has 0 saturated carbocycles. The molecule has 0 aliphatic rings. The average Bonchev–Trinajstić information content (AvgIpc) is 2.23. The summed E-state index contributed by atoms with van der Waals surface area (Å²) in [6.07, 6.45) is 1.63. The standard InChI is InChI=1S/C12H22ClN3OSi/c1-12(2,3)18(4,5)17-9-8-14-10-6-7-15-11(13)16-10/h6-7H,8-9H2,1-5H3,(H,14,15,16). The predicted molar refractivity (Wildman–Crippen MR) is 78.7 cm³/mol. The van der Waals surface area contributed by atoms with Crippen LogP contribution in [0.25, 0.3) is 0 Å². The number of rotatable bonds is 5. The Morgan fingerprint density at radius 2 is 2.06 bits per heavy atom. The molecule has 0 aliphatic carbocycles. The molecule has 0 bridgehead atoms. The van der Waals surface area contributed by atoms with Crippen LogP contribution in [0.1, 0.15) is 20.8 Å². The van der Waals surface area contributed by atoms with Gasteiger partial charge in [-0.05, 0) is 35.8 Å². The third kappa shape index (κ3) is 4.55. The van der Waals surface area contributed by atoms with Crippen molar-refractivity contribution in [1.82, 2.24) is 9.97 Å². The molecular formula is C12H22ClN3OSi. The van der Waals surface area contributed by atoms with Gasteiger partial charge in [0.05, 0.1) is 6.61 Å². The fourth-order valence-electron chi connectivity index (χ4n) is 1.14. The van der Waals surface area contributed by atoms with Gasteiger partial charge in [-0.3, -0.25) is 0 Å². The van der Waals surface area contributed by atoms with Crippen molar-refractivity contribution in [1.29, 1.82) is 0 Å². The fraction of sp³-hybridized carbons (Fsp3) is 0.667. The van der Waals surface area contributed by atoms with E-state index in [-0.39, 0.29) is 10.3 Å². The summed E-state index contributed by atoms with van der Waals surface area (Å²) >= 11 is 5.70. The molecule has 1 aromatic heterocycles. The molecule has 0 radical (unpaired) electrons. The average molecular weight is 288 g/mol. The van der Waals surface area contributed by atoms with Crippen molar-refractivity contribution in [3.8, 4) is 0 Å². The Balaban J connectivity index is 2.35. The first-order chi connectivity index (χ1) is 8.22. The molecule has 1 rings (SSSR count). The van der Waals surface area contributed by atoms with Gasteiger partial charge < -0.3 is 9.74 Å². The smallest absolute Gasteiger partial charge is 0.224 e. The number of halogens is 1. The molecule has 0 amide bonds. The fourth-order valence-corrected chi connectivity index (χ4v) is 2.33. The molecule has 0 aromatic carbocycles. The Labute approximate surface area is 115 Å². The Kier molecular flexibility index (Phi) is 5.13. The summed E-state index contributed by atoms with van der Waals surface area (Å²) in [5.41, 5.74) is 0. The zero-order valence-corrected chi connectivity index (χ0v) is 13.5. The number of hydrogen-bond donors (Lipinski definition) is 1. The van der Waals surface area contributed by atoms with Crippen LogP contribution >= 0.6 is 11.6 Å². The Bertz CT molecular complexity index is 393. The molecule has 1 aromatic rings. The first-order valence-electron chi connectivity index (χ1n) is 6.09. The van der Waals surface area contributed by atoms with E-state index in [9.17, 15) is 0 Å². The molecule has 0 atom stereocenters. The lowest BCUT2D eigenvalue weighted by molar-refractivity contribution is 0.301. The number of nitrogens with zero attached hydrogens (tertiary/aromatic N) is 2. The van der Waals surface area contributed by atoms with E-state index in [1.165, 1.54) is 0 Å². The third-order valence-corrected chi connectivity index (χ3v) is 8.02. The van der Waals surface area contributed by atoms with Crippen LogP contribution < -0.4 is 5.32 Å². The van der Waals surface area contributed by atoms with Crippen molar-refractivity contribution in [2.24, 2.45) is 0 Å². The highest BCUT2D eigenvalue weighted by atomic mass is 35.5. The van der Waals surface area contributed by atoms with Gasteiger partial charge in [-0.25, -0.2) is 9.97 Å². The highest BCUT2D eigenvalue weighted by Gasteiger charge is 2.36. The Hall–Kier alpha value is -0.653. The Morgan fingerprint density at radius 1 is 1.39 bits per heavy atom. The summed E-state index contributed by atoms with van der Waals surface area (Å²) in [4.78, 5) is 7.88. The minimum atomic E-state index is -1.65. The molecule has 102 valence electrons. The van der Waals surface area contributed by atoms with Crippen LogP contribution in [0.2, 0.25) is 23.4 Å². The monoisotopic (exact) mass is 287 g/mol. The lowest BCUT2D eigenvalue weighted by Gasteiger charge is -2.36. The zero-order chi connectivity index (χ0) is 13.8. The van der Waals surface area contributed by atoms with E-state index in [1.807, 2.05) is 0 Å². The molecule has 0 saturated heterocycles. The molecule has 1 heterocycles. The van der Waals surface area contributed by atoms with Crippen LogP contribution in [0, 0.1) is 0 Å². The SMILES string of the molecule is CC(C)(C)[Si](C)(C)OCCNc1ccnc(Cl)n1. The lowest BCUT2D eigenvalue weighted by atomic mass is 10.2. The minimum Gasteiger partial charge on any atom is -0.415 e. The number of nitrogens with one attached hydrogen (secondary N) is 1. The van der Waals surface area contributed by atoms with Crippen molar-refractivity contribution in [3.05, 3.63) is 17.5 Å². The first kappa shape index (κ1) is 15.4. The maximum Gasteiger partial charge on any atom is 0.224 e. The number of hydrogen-bond acceptors (Lipinski definition) is 4. The second-order valence-corrected chi connectivity index (χ2v) is 10.9. The van der Waals surface area contributed by atoms with E-state index in [4.69, 9.17) is 16.0 Å². The zero-order valence-electron chi connectivity index (χ0n) is 11.7. The number of anilines is 1. The van der Waals surface area contributed by atoms with Crippen molar-refractivity contribution in [2.45, 2.75) is 38.9 Å². The summed E-state index contributed by atoms with van der Waals surface area (Å²) in [5.74, 6) is 0.730. The normalized spacial score (nSPS) is 12.6. The van der Waals surface area contributed by atoms with Crippen molar-refractivity contribution >= 4 is 25.7 Å². The van der Waals surface area contributed by atoms with Crippen molar-refractivity contribution < 1.29 is 4.43 Å². The summed E-state index contributed by atoms with van der Waals surface area (Å²) in [7, 11) is -1.65. The highest BCUT2D eigenvalue weighted by molar-refractivity contribution is 6.74. The second kappa shape index (κ2) is 5.99. The van der Waals surface area contributed by atoms with Crippen LogP contribution in [0.4, 0.5) is 5.82 Å². The summed E-state index contributed by atoms with van der Waals surface area (Å²) in [5, 5.41) is 3.67. The van der Waals surface area contributed by atoms with Gasteiger partial charge in [0, 0.05) is 12.7 Å². The predicted octanol–water partition coefficient (Wildman–Crippen LogP) is 3.56. The van der Waals surface area contributed by atoms with Gasteiger partial charge in [0.2, 0.25) is 5.28 Å².